The topological polar surface area (TPSA) is 177 Å². The first kappa shape index (κ1) is 36.1. The van der Waals surface area contributed by atoms with Crippen LogP contribution in [0.15, 0.2) is 48.5 Å². The quantitative estimate of drug-likeness (QED) is 0.168. The Morgan fingerprint density at radius 3 is 1.63 bits per heavy atom. The third-order valence-corrected chi connectivity index (χ3v) is 10.3. The number of carboxylic acid groups (broad SMARTS) is 1. The molecular weight excluding hydrogens is 664 g/mol. The maximum Gasteiger partial charge on any atom is 0.407 e. The van der Waals surface area contributed by atoms with E-state index in [9.17, 15) is 24.3 Å². The number of imidazole rings is 2. The van der Waals surface area contributed by atoms with Gasteiger partial charge in [0.1, 0.15) is 23.7 Å². The molecule has 4 heterocycles. The number of hydrogen-bond donors (Lipinski definition) is 4. The van der Waals surface area contributed by atoms with Gasteiger partial charge in [0.25, 0.3) is 0 Å². The second-order valence-electron chi connectivity index (χ2n) is 13.7. The molecular formula is C38H46N8O6. The molecule has 2 aliphatic rings. The first-order chi connectivity index (χ1) is 24.9. The Morgan fingerprint density at radius 2 is 1.21 bits per heavy atom. The number of likely N-dealkylation sites (tertiary alicyclic amines) is 2. The number of carbonyl (C=O) groups is 4. The van der Waals surface area contributed by atoms with Crippen molar-refractivity contribution in [3.63, 3.8) is 0 Å². The Hall–Kier alpha value is -5.66. The number of H-pyrrole nitrogens is 2. The highest BCUT2D eigenvalue weighted by Gasteiger charge is 2.37. The number of hydrogen-bond acceptors (Lipinski definition) is 7. The number of aromatic nitrogens is 4. The molecule has 4 N–H and O–H groups in total. The third kappa shape index (κ3) is 7.10. The normalized spacial score (nSPS) is 18.3. The largest absolute Gasteiger partial charge is 0.465 e. The molecule has 14 heteroatoms. The SMILES string of the molecule is COC(=O)N[C@@H](C)C(=O)N1CCC[C@H]1c1nc(-c2ccc(-c3ccc(-c4nc([C@@H]5CCCN5C(=O)[C@H](C)N(C)C(=O)O)[nH]c4C)cc3)cc2)c(C)[nH]1. The second-order valence-corrected chi connectivity index (χ2v) is 13.7. The van der Waals surface area contributed by atoms with Gasteiger partial charge in [0.05, 0.1) is 30.6 Å². The van der Waals surface area contributed by atoms with Crippen molar-refractivity contribution in [2.75, 3.05) is 27.2 Å². The van der Waals surface area contributed by atoms with Crippen LogP contribution in [0.3, 0.4) is 0 Å². The summed E-state index contributed by atoms with van der Waals surface area (Å²) in [7, 11) is 2.68. The van der Waals surface area contributed by atoms with E-state index in [1.54, 1.807) is 23.6 Å². The zero-order valence-electron chi connectivity index (χ0n) is 30.4. The average Bonchev–Trinajstić information content (AvgIpc) is 3.97. The summed E-state index contributed by atoms with van der Waals surface area (Å²) < 4.78 is 4.65. The van der Waals surface area contributed by atoms with Crippen LogP contribution in [0.1, 0.15) is 74.7 Å². The van der Waals surface area contributed by atoms with Gasteiger partial charge in [-0.1, -0.05) is 48.5 Å². The molecule has 0 saturated carbocycles. The molecule has 274 valence electrons. The number of likely N-dealkylation sites (N-methyl/N-ethyl adjacent to an activating group) is 1. The summed E-state index contributed by atoms with van der Waals surface area (Å²) in [4.78, 5) is 70.7. The van der Waals surface area contributed by atoms with Gasteiger partial charge in [0.2, 0.25) is 11.8 Å². The van der Waals surface area contributed by atoms with Crippen LogP contribution in [0.2, 0.25) is 0 Å². The fourth-order valence-electron chi connectivity index (χ4n) is 7.23. The number of nitrogens with one attached hydrogen (secondary N) is 3. The maximum atomic E-state index is 13.2. The molecule has 6 rings (SSSR count). The Morgan fingerprint density at radius 1 is 0.788 bits per heavy atom. The molecule has 2 aromatic carbocycles. The monoisotopic (exact) mass is 710 g/mol. The number of carbonyl (C=O) groups excluding carboxylic acids is 3. The van der Waals surface area contributed by atoms with E-state index in [0.29, 0.717) is 18.9 Å². The molecule has 14 nitrogen and oxygen atoms in total. The van der Waals surface area contributed by atoms with Crippen LogP contribution in [-0.4, -0.2) is 103 Å². The lowest BCUT2D eigenvalue weighted by molar-refractivity contribution is -0.136. The lowest BCUT2D eigenvalue weighted by Crippen LogP contribution is -2.47. The van der Waals surface area contributed by atoms with Gasteiger partial charge in [-0.3, -0.25) is 14.5 Å². The summed E-state index contributed by atoms with van der Waals surface area (Å²) in [5.41, 5.74) is 7.44. The summed E-state index contributed by atoms with van der Waals surface area (Å²) in [5.74, 6) is 1.03. The summed E-state index contributed by atoms with van der Waals surface area (Å²) in [6.45, 7) is 8.36. The predicted molar refractivity (Wildman–Crippen MR) is 194 cm³/mol. The highest BCUT2D eigenvalue weighted by Crippen LogP contribution is 2.36. The van der Waals surface area contributed by atoms with Crippen LogP contribution in [0.25, 0.3) is 33.6 Å². The van der Waals surface area contributed by atoms with Crippen molar-refractivity contribution >= 4 is 24.0 Å². The van der Waals surface area contributed by atoms with Crippen molar-refractivity contribution in [2.24, 2.45) is 0 Å². The van der Waals surface area contributed by atoms with Crippen molar-refractivity contribution in [3.05, 3.63) is 71.6 Å². The molecule has 0 unspecified atom stereocenters. The van der Waals surface area contributed by atoms with E-state index in [1.165, 1.54) is 14.2 Å². The number of methoxy groups -OCH3 is 1. The van der Waals surface area contributed by atoms with Crippen LogP contribution in [0, 0.1) is 13.8 Å². The molecule has 4 amide bonds. The van der Waals surface area contributed by atoms with Crippen LogP contribution in [-0.2, 0) is 14.3 Å². The van der Waals surface area contributed by atoms with Gasteiger partial charge in [0, 0.05) is 42.7 Å². The third-order valence-electron chi connectivity index (χ3n) is 10.3. The van der Waals surface area contributed by atoms with Gasteiger partial charge in [-0.2, -0.15) is 0 Å². The van der Waals surface area contributed by atoms with E-state index < -0.39 is 24.3 Å². The van der Waals surface area contributed by atoms with Gasteiger partial charge in [0.15, 0.2) is 0 Å². The highest BCUT2D eigenvalue weighted by atomic mass is 16.5. The number of amides is 4. The van der Waals surface area contributed by atoms with Gasteiger partial charge in [-0.15, -0.1) is 0 Å². The predicted octanol–water partition coefficient (Wildman–Crippen LogP) is 5.82. The highest BCUT2D eigenvalue weighted by molar-refractivity contribution is 5.86. The minimum Gasteiger partial charge on any atom is -0.465 e. The maximum absolute atomic E-state index is 13.2. The van der Waals surface area contributed by atoms with Crippen molar-refractivity contribution in [1.29, 1.82) is 0 Å². The number of aryl methyl sites for hydroxylation is 2. The average molecular weight is 711 g/mol. The standard InChI is InChI=1S/C38H46N8O6/c1-21-31(42-33(39-21)29-9-7-19-45(29)35(47)23(3)41-37(49)52-6)27-15-11-25(12-16-27)26-13-17-28(18-14-26)32-22(2)40-34(43-32)30-10-8-20-46(30)36(48)24(4)44(5)38(50)51/h11-18,23-24,29-30H,7-10,19-20H2,1-6H3,(H,39,42)(H,40,43)(H,41,49)(H,50,51)/t23-,24-,29-,30-/m0/s1. The summed E-state index contributed by atoms with van der Waals surface area (Å²) >= 11 is 0. The Kier molecular flexibility index (Phi) is 10.4. The molecule has 2 aromatic heterocycles. The zero-order chi connectivity index (χ0) is 37.3. The van der Waals surface area contributed by atoms with Crippen LogP contribution < -0.4 is 5.32 Å². The second kappa shape index (κ2) is 14.9. The first-order valence-electron chi connectivity index (χ1n) is 17.6. The van der Waals surface area contributed by atoms with Crippen LogP contribution >= 0.6 is 0 Å². The first-order valence-corrected chi connectivity index (χ1v) is 17.6. The van der Waals surface area contributed by atoms with E-state index in [2.05, 4.69) is 44.3 Å². The number of aromatic amines is 2. The lowest BCUT2D eigenvalue weighted by atomic mass is 10.0. The minimum atomic E-state index is -1.14. The van der Waals surface area contributed by atoms with Gasteiger partial charge >= 0.3 is 12.2 Å². The number of rotatable bonds is 9. The van der Waals surface area contributed by atoms with Crippen molar-refractivity contribution in [1.82, 2.24) is 40.0 Å². The molecule has 0 spiro atoms. The number of alkyl carbamates (subject to hydrolysis) is 1. The fraction of sp³-hybridized carbons (Fsp3) is 0.421. The molecule has 4 atom stereocenters. The summed E-state index contributed by atoms with van der Waals surface area (Å²) in [6.07, 6.45) is 1.42. The Labute approximate surface area is 302 Å². The fourth-order valence-corrected chi connectivity index (χ4v) is 7.23. The van der Waals surface area contributed by atoms with E-state index in [0.717, 1.165) is 81.4 Å². The zero-order valence-corrected chi connectivity index (χ0v) is 30.4. The van der Waals surface area contributed by atoms with E-state index in [1.807, 2.05) is 38.1 Å². The van der Waals surface area contributed by atoms with Crippen molar-refractivity contribution < 1.29 is 29.0 Å². The van der Waals surface area contributed by atoms with Gasteiger partial charge in [-0.05, 0) is 64.5 Å². The molecule has 52 heavy (non-hydrogen) atoms. The molecule has 2 aliphatic heterocycles. The van der Waals surface area contributed by atoms with E-state index in [-0.39, 0.29) is 23.9 Å². The summed E-state index contributed by atoms with van der Waals surface area (Å²) in [5, 5.41) is 11.9. The lowest BCUT2D eigenvalue weighted by Gasteiger charge is -2.29. The summed E-state index contributed by atoms with van der Waals surface area (Å²) in [6, 6.07) is 14.5. The molecule has 0 radical (unpaired) electrons. The van der Waals surface area contributed by atoms with Gasteiger partial charge in [-0.25, -0.2) is 19.6 Å². The molecule has 2 fully saturated rings. The van der Waals surface area contributed by atoms with Crippen molar-refractivity contribution in [3.8, 4) is 33.6 Å². The van der Waals surface area contributed by atoms with Gasteiger partial charge < -0.3 is 34.9 Å². The van der Waals surface area contributed by atoms with E-state index >= 15 is 0 Å². The number of nitrogens with zero attached hydrogens (tertiary/aromatic N) is 5. The molecule has 0 aliphatic carbocycles. The van der Waals surface area contributed by atoms with Crippen LogP contribution in [0.5, 0.6) is 0 Å². The number of benzene rings is 2. The van der Waals surface area contributed by atoms with Crippen molar-refractivity contribution in [2.45, 2.75) is 77.5 Å². The van der Waals surface area contributed by atoms with E-state index in [4.69, 9.17) is 9.97 Å². The molecule has 4 aromatic rings. The molecule has 0 bridgehead atoms. The Bertz CT molecular complexity index is 1950. The molecule has 2 saturated heterocycles. The minimum absolute atomic E-state index is 0.174. The van der Waals surface area contributed by atoms with Crippen LogP contribution in [0.4, 0.5) is 9.59 Å². The Balaban J connectivity index is 1.14. The number of ether oxygens (including phenoxy) is 1. The smallest absolute Gasteiger partial charge is 0.407 e.